The minimum Gasteiger partial charge on any atom is -0.339 e. The molecule has 0 bridgehead atoms. The molecule has 0 saturated carbocycles. The van der Waals surface area contributed by atoms with Crippen LogP contribution < -0.4 is 5.56 Å². The summed E-state index contributed by atoms with van der Waals surface area (Å²) in [5.74, 6) is 0.959. The number of carbonyl (C=O) groups excluding carboxylic acids is 2. The lowest BCUT2D eigenvalue weighted by atomic mass is 9.76. The lowest BCUT2D eigenvalue weighted by Crippen LogP contribution is -2.47. The molecule has 1 aromatic carbocycles. The number of likely N-dealkylation sites (tertiary alicyclic amines) is 1. The maximum Gasteiger partial charge on any atom is 0.319 e. The Kier molecular flexibility index (Phi) is 5.03. The van der Waals surface area contributed by atoms with Gasteiger partial charge in [-0.15, -0.1) is 0 Å². The molecule has 0 unspecified atom stereocenters. The topological polar surface area (TPSA) is 78.8 Å². The zero-order valence-electron chi connectivity index (χ0n) is 18.7. The Morgan fingerprint density at radius 3 is 2.34 bits per heavy atom. The molecule has 4 heterocycles. The van der Waals surface area contributed by atoms with Gasteiger partial charge in [0.1, 0.15) is 5.82 Å². The summed E-state index contributed by atoms with van der Waals surface area (Å²) in [5, 5.41) is 0. The van der Waals surface area contributed by atoms with Gasteiger partial charge in [-0.1, -0.05) is 18.2 Å². The van der Waals surface area contributed by atoms with Gasteiger partial charge < -0.3 is 19.3 Å². The molecule has 1 spiro atoms. The number of nitrogens with zero attached hydrogens (tertiary/aromatic N) is 5. The number of piperidine rings is 1. The van der Waals surface area contributed by atoms with Crippen LogP contribution in [0.25, 0.3) is 0 Å². The summed E-state index contributed by atoms with van der Waals surface area (Å²) in [6.07, 6.45) is 3.27. The van der Waals surface area contributed by atoms with Crippen molar-refractivity contribution < 1.29 is 9.59 Å². The predicted molar refractivity (Wildman–Crippen MR) is 120 cm³/mol. The van der Waals surface area contributed by atoms with Gasteiger partial charge in [0.05, 0.1) is 12.1 Å². The number of hydrogen-bond donors (Lipinski definition) is 0. The van der Waals surface area contributed by atoms with Crippen LogP contribution in [0, 0.1) is 0 Å². The number of aromatic nitrogens is 2. The van der Waals surface area contributed by atoms with E-state index in [0.717, 1.165) is 42.9 Å². The summed E-state index contributed by atoms with van der Waals surface area (Å²) < 4.78 is 2.24. The number of carbonyl (C=O) groups is 2. The fraction of sp³-hybridized carbons (Fsp3) is 0.500. The van der Waals surface area contributed by atoms with Gasteiger partial charge in [-0.3, -0.25) is 9.59 Å². The van der Waals surface area contributed by atoms with Crippen molar-refractivity contribution >= 4 is 11.9 Å². The fourth-order valence-electron chi connectivity index (χ4n) is 5.50. The highest BCUT2D eigenvalue weighted by Gasteiger charge is 2.45. The smallest absolute Gasteiger partial charge is 0.319 e. The number of hydrogen-bond acceptors (Lipinski definition) is 4. The zero-order valence-corrected chi connectivity index (χ0v) is 18.7. The Balaban J connectivity index is 1.38. The van der Waals surface area contributed by atoms with Crippen molar-refractivity contribution in [1.82, 2.24) is 24.3 Å². The van der Waals surface area contributed by atoms with Gasteiger partial charge in [0.15, 0.2) is 0 Å². The third-order valence-corrected chi connectivity index (χ3v) is 7.33. The molecule has 168 valence electrons. The number of benzene rings is 1. The van der Waals surface area contributed by atoms with E-state index in [4.69, 9.17) is 0 Å². The summed E-state index contributed by atoms with van der Waals surface area (Å²) in [4.78, 5) is 48.0. The van der Waals surface area contributed by atoms with Crippen LogP contribution in [0.15, 0.2) is 35.1 Å². The van der Waals surface area contributed by atoms with E-state index in [0.29, 0.717) is 38.2 Å². The van der Waals surface area contributed by atoms with Crippen molar-refractivity contribution in [1.29, 1.82) is 0 Å². The van der Waals surface area contributed by atoms with Gasteiger partial charge in [-0.25, -0.2) is 4.79 Å². The molecule has 0 radical (unpaired) electrons. The summed E-state index contributed by atoms with van der Waals surface area (Å²) in [5.41, 5.74) is 2.08. The zero-order chi connectivity index (χ0) is 22.5. The second kappa shape index (κ2) is 7.76. The first-order valence-corrected chi connectivity index (χ1v) is 11.3. The first-order chi connectivity index (χ1) is 15.4. The average Bonchev–Trinajstić information content (AvgIpc) is 3.16. The summed E-state index contributed by atoms with van der Waals surface area (Å²) in [6.45, 7) is 3.13. The molecule has 3 aliphatic rings. The molecule has 32 heavy (non-hydrogen) atoms. The second-order valence-corrected chi connectivity index (χ2v) is 9.35. The minimum atomic E-state index is -0.202. The van der Waals surface area contributed by atoms with Crippen LogP contribution in [0.5, 0.6) is 0 Å². The van der Waals surface area contributed by atoms with Crippen molar-refractivity contribution in [2.75, 3.05) is 33.7 Å². The third kappa shape index (κ3) is 3.29. The first kappa shape index (κ1) is 20.7. The number of fused-ring (bicyclic) bond motifs is 4. The van der Waals surface area contributed by atoms with Crippen LogP contribution in [-0.4, -0.2) is 69.9 Å². The van der Waals surface area contributed by atoms with E-state index in [1.54, 1.807) is 23.9 Å². The Morgan fingerprint density at radius 1 is 0.969 bits per heavy atom. The van der Waals surface area contributed by atoms with Crippen molar-refractivity contribution in [3.05, 3.63) is 63.3 Å². The molecule has 0 atom stereocenters. The molecule has 0 N–H and O–H groups in total. The SMILES string of the molecule is CN(C)C(=O)N1CCc2c(c(=O)nc3n2CCC32CCN(C(=O)c3ccccc3)CC2)C1. The molecular weight excluding hydrogens is 406 g/mol. The van der Waals surface area contributed by atoms with Crippen LogP contribution >= 0.6 is 0 Å². The van der Waals surface area contributed by atoms with Crippen molar-refractivity contribution in [3.8, 4) is 0 Å². The quantitative estimate of drug-likeness (QED) is 0.685. The van der Waals surface area contributed by atoms with E-state index in [1.807, 2.05) is 35.2 Å². The Hall–Kier alpha value is -3.16. The third-order valence-electron chi connectivity index (χ3n) is 7.33. The summed E-state index contributed by atoms with van der Waals surface area (Å²) in [6, 6.07) is 9.33. The molecule has 2 aromatic rings. The Bertz CT molecular complexity index is 1120. The van der Waals surface area contributed by atoms with Gasteiger partial charge in [-0.2, -0.15) is 4.98 Å². The molecule has 5 rings (SSSR count). The normalized spacial score (nSPS) is 18.9. The molecule has 1 saturated heterocycles. The molecule has 1 fully saturated rings. The van der Waals surface area contributed by atoms with E-state index in [1.165, 1.54) is 0 Å². The van der Waals surface area contributed by atoms with E-state index < -0.39 is 0 Å². The Morgan fingerprint density at radius 2 is 1.66 bits per heavy atom. The van der Waals surface area contributed by atoms with Gasteiger partial charge in [0, 0.05) is 63.4 Å². The van der Waals surface area contributed by atoms with E-state index in [2.05, 4.69) is 9.55 Å². The van der Waals surface area contributed by atoms with Crippen LogP contribution in [0.1, 0.15) is 46.7 Å². The van der Waals surface area contributed by atoms with Crippen LogP contribution in [-0.2, 0) is 24.9 Å². The largest absolute Gasteiger partial charge is 0.339 e. The minimum absolute atomic E-state index is 0.0693. The molecular formula is C24H29N5O3. The highest BCUT2D eigenvalue weighted by molar-refractivity contribution is 5.94. The van der Waals surface area contributed by atoms with Crippen LogP contribution in [0.2, 0.25) is 0 Å². The lowest BCUT2D eigenvalue weighted by molar-refractivity contribution is 0.0663. The van der Waals surface area contributed by atoms with Gasteiger partial charge in [0.25, 0.3) is 11.5 Å². The fourth-order valence-corrected chi connectivity index (χ4v) is 5.50. The number of urea groups is 1. The van der Waals surface area contributed by atoms with Crippen molar-refractivity contribution in [3.63, 3.8) is 0 Å². The predicted octanol–water partition coefficient (Wildman–Crippen LogP) is 1.86. The van der Waals surface area contributed by atoms with Crippen molar-refractivity contribution in [2.24, 2.45) is 0 Å². The maximum atomic E-state index is 13.0. The second-order valence-electron chi connectivity index (χ2n) is 9.35. The Labute approximate surface area is 187 Å². The lowest BCUT2D eigenvalue weighted by Gasteiger charge is -2.39. The highest BCUT2D eigenvalue weighted by atomic mass is 16.2. The van der Waals surface area contributed by atoms with E-state index in [9.17, 15) is 14.4 Å². The molecule has 8 heteroatoms. The molecule has 0 aliphatic carbocycles. The number of rotatable bonds is 1. The van der Waals surface area contributed by atoms with Gasteiger partial charge in [-0.05, 0) is 31.4 Å². The first-order valence-electron chi connectivity index (χ1n) is 11.3. The van der Waals surface area contributed by atoms with Gasteiger partial charge in [0.2, 0.25) is 0 Å². The molecule has 3 amide bonds. The summed E-state index contributed by atoms with van der Waals surface area (Å²) >= 11 is 0. The molecule has 8 nitrogen and oxygen atoms in total. The van der Waals surface area contributed by atoms with E-state index in [-0.39, 0.29) is 22.9 Å². The highest BCUT2D eigenvalue weighted by Crippen LogP contribution is 2.43. The standard InChI is InChI=1S/C24H29N5O3/c1-26(2)23(32)28-12-8-19-18(16-28)20(30)25-22-24(11-15-29(19)22)9-13-27(14-10-24)21(31)17-6-4-3-5-7-17/h3-7H,8-16H2,1-2H3. The van der Waals surface area contributed by atoms with E-state index >= 15 is 0 Å². The average molecular weight is 436 g/mol. The number of amides is 3. The molecule has 3 aliphatic heterocycles. The summed E-state index contributed by atoms with van der Waals surface area (Å²) in [7, 11) is 3.45. The van der Waals surface area contributed by atoms with Crippen molar-refractivity contribution in [2.45, 2.75) is 44.2 Å². The van der Waals surface area contributed by atoms with Crippen LogP contribution in [0.3, 0.4) is 0 Å². The van der Waals surface area contributed by atoms with Gasteiger partial charge >= 0.3 is 6.03 Å². The maximum absolute atomic E-state index is 13.0. The van der Waals surface area contributed by atoms with Crippen LogP contribution in [0.4, 0.5) is 4.79 Å². The molecule has 1 aromatic heterocycles. The monoisotopic (exact) mass is 435 g/mol.